The molecule has 2 rings (SSSR count). The molecule has 1 aliphatic rings. The summed E-state index contributed by atoms with van der Waals surface area (Å²) in [7, 11) is 0. The van der Waals surface area contributed by atoms with Crippen molar-refractivity contribution in [2.75, 3.05) is 39.5 Å². The zero-order chi connectivity index (χ0) is 15.9. The minimum Gasteiger partial charge on any atom is -0.389 e. The first-order valence-corrected chi connectivity index (χ1v) is 8.07. The first-order chi connectivity index (χ1) is 10.6. The van der Waals surface area contributed by atoms with Crippen LogP contribution in [0.5, 0.6) is 0 Å². The minimum absolute atomic E-state index is 0.0833. The molecular formula is C15H28N4O3. The summed E-state index contributed by atoms with van der Waals surface area (Å²) in [6, 6.07) is 0. The van der Waals surface area contributed by atoms with Gasteiger partial charge in [-0.1, -0.05) is 13.8 Å². The summed E-state index contributed by atoms with van der Waals surface area (Å²) < 4.78 is 13.3. The summed E-state index contributed by atoms with van der Waals surface area (Å²) in [6.07, 6.45) is 1.17. The van der Waals surface area contributed by atoms with Crippen molar-refractivity contribution >= 4 is 0 Å². The first-order valence-electron chi connectivity index (χ1n) is 8.07. The zero-order valence-corrected chi connectivity index (χ0v) is 13.8. The standard InChI is InChI=1S/C15H28N4O3/c1-4-19-11-16-17-15(19)14-8-18(5-6-22-14)7-13(20)10-21-9-12(2)3/h11-14,20H,4-10H2,1-3H3. The Kier molecular flexibility index (Phi) is 6.75. The molecule has 2 unspecified atom stereocenters. The molecule has 1 aromatic heterocycles. The van der Waals surface area contributed by atoms with Crippen LogP contribution < -0.4 is 0 Å². The Bertz CT molecular complexity index is 438. The monoisotopic (exact) mass is 312 g/mol. The Labute approximate surface area is 132 Å². The van der Waals surface area contributed by atoms with Crippen molar-refractivity contribution in [3.63, 3.8) is 0 Å². The summed E-state index contributed by atoms with van der Waals surface area (Å²) in [5.41, 5.74) is 0. The third-order valence-corrected chi connectivity index (χ3v) is 3.66. The Morgan fingerprint density at radius 1 is 1.45 bits per heavy atom. The fraction of sp³-hybridized carbons (Fsp3) is 0.867. The lowest BCUT2D eigenvalue weighted by Gasteiger charge is -2.33. The van der Waals surface area contributed by atoms with Gasteiger partial charge in [-0.25, -0.2) is 0 Å². The predicted octanol–water partition coefficient (Wildman–Crippen LogP) is 0.705. The van der Waals surface area contributed by atoms with E-state index in [1.54, 1.807) is 6.33 Å². The van der Waals surface area contributed by atoms with E-state index in [-0.39, 0.29) is 6.10 Å². The van der Waals surface area contributed by atoms with E-state index in [2.05, 4.69) is 35.9 Å². The minimum atomic E-state index is -0.471. The predicted molar refractivity (Wildman–Crippen MR) is 82.5 cm³/mol. The number of aliphatic hydroxyl groups excluding tert-OH is 1. The molecule has 1 saturated heterocycles. The van der Waals surface area contributed by atoms with Crippen molar-refractivity contribution in [3.05, 3.63) is 12.2 Å². The smallest absolute Gasteiger partial charge is 0.163 e. The number of aromatic nitrogens is 3. The van der Waals surface area contributed by atoms with Gasteiger partial charge < -0.3 is 19.1 Å². The maximum Gasteiger partial charge on any atom is 0.163 e. The van der Waals surface area contributed by atoms with E-state index in [0.29, 0.717) is 32.3 Å². The zero-order valence-electron chi connectivity index (χ0n) is 13.8. The van der Waals surface area contributed by atoms with Crippen LogP contribution >= 0.6 is 0 Å². The number of hydrogen-bond donors (Lipinski definition) is 1. The van der Waals surface area contributed by atoms with E-state index in [0.717, 1.165) is 25.5 Å². The first kappa shape index (κ1) is 17.3. The van der Waals surface area contributed by atoms with Gasteiger partial charge in [0.05, 0.1) is 19.3 Å². The van der Waals surface area contributed by atoms with Gasteiger partial charge in [0.25, 0.3) is 0 Å². The van der Waals surface area contributed by atoms with Crippen LogP contribution in [0.2, 0.25) is 0 Å². The molecule has 0 aliphatic carbocycles. The Hall–Kier alpha value is -1.02. The lowest BCUT2D eigenvalue weighted by atomic mass is 10.2. The molecule has 0 aromatic carbocycles. The molecular weight excluding hydrogens is 284 g/mol. The van der Waals surface area contributed by atoms with Crippen LogP contribution in [0, 0.1) is 5.92 Å². The second-order valence-electron chi connectivity index (χ2n) is 6.18. The van der Waals surface area contributed by atoms with Crippen molar-refractivity contribution in [1.82, 2.24) is 19.7 Å². The van der Waals surface area contributed by atoms with Gasteiger partial charge in [0.15, 0.2) is 5.82 Å². The highest BCUT2D eigenvalue weighted by Gasteiger charge is 2.26. The Morgan fingerprint density at radius 3 is 3.00 bits per heavy atom. The maximum absolute atomic E-state index is 10.1. The highest BCUT2D eigenvalue weighted by molar-refractivity contribution is 4.95. The Morgan fingerprint density at radius 2 is 2.27 bits per heavy atom. The van der Waals surface area contributed by atoms with Gasteiger partial charge in [-0.05, 0) is 12.8 Å². The normalized spacial score (nSPS) is 21.4. The molecule has 2 heterocycles. The number of rotatable bonds is 8. The van der Waals surface area contributed by atoms with E-state index >= 15 is 0 Å². The highest BCUT2D eigenvalue weighted by Crippen LogP contribution is 2.20. The molecule has 2 atom stereocenters. The molecule has 7 nitrogen and oxygen atoms in total. The van der Waals surface area contributed by atoms with Crippen molar-refractivity contribution in [3.8, 4) is 0 Å². The van der Waals surface area contributed by atoms with Gasteiger partial charge in [0.1, 0.15) is 12.4 Å². The van der Waals surface area contributed by atoms with E-state index in [1.807, 2.05) is 4.57 Å². The van der Waals surface area contributed by atoms with Crippen molar-refractivity contribution < 1.29 is 14.6 Å². The molecule has 126 valence electrons. The lowest BCUT2D eigenvalue weighted by molar-refractivity contribution is -0.0577. The molecule has 0 radical (unpaired) electrons. The summed E-state index contributed by atoms with van der Waals surface area (Å²) in [4.78, 5) is 2.20. The third-order valence-electron chi connectivity index (χ3n) is 3.66. The number of ether oxygens (including phenoxy) is 2. The van der Waals surface area contributed by atoms with E-state index in [4.69, 9.17) is 9.47 Å². The fourth-order valence-corrected chi connectivity index (χ4v) is 2.57. The largest absolute Gasteiger partial charge is 0.389 e. The van der Waals surface area contributed by atoms with Gasteiger partial charge in [-0.15, -0.1) is 10.2 Å². The van der Waals surface area contributed by atoms with Crippen LogP contribution in [0.25, 0.3) is 0 Å². The molecule has 1 N–H and O–H groups in total. The summed E-state index contributed by atoms with van der Waals surface area (Å²) in [5, 5.41) is 18.2. The van der Waals surface area contributed by atoms with Gasteiger partial charge in [-0.2, -0.15) is 0 Å². The Balaban J connectivity index is 1.80. The van der Waals surface area contributed by atoms with Gasteiger partial charge >= 0.3 is 0 Å². The average molecular weight is 312 g/mol. The van der Waals surface area contributed by atoms with Gasteiger partial charge in [-0.3, -0.25) is 4.90 Å². The fourth-order valence-electron chi connectivity index (χ4n) is 2.57. The van der Waals surface area contributed by atoms with Crippen LogP contribution in [0.1, 0.15) is 32.7 Å². The summed E-state index contributed by atoms with van der Waals surface area (Å²) in [6.45, 7) is 10.9. The van der Waals surface area contributed by atoms with E-state index in [9.17, 15) is 5.11 Å². The third kappa shape index (κ3) is 5.01. The van der Waals surface area contributed by atoms with Crippen LogP contribution in [0.15, 0.2) is 6.33 Å². The van der Waals surface area contributed by atoms with E-state index < -0.39 is 6.10 Å². The summed E-state index contributed by atoms with van der Waals surface area (Å²) in [5.74, 6) is 1.35. The van der Waals surface area contributed by atoms with Gasteiger partial charge in [0, 0.05) is 32.8 Å². The van der Waals surface area contributed by atoms with E-state index in [1.165, 1.54) is 0 Å². The second kappa shape index (κ2) is 8.57. The molecule has 7 heteroatoms. The summed E-state index contributed by atoms with van der Waals surface area (Å²) >= 11 is 0. The number of β-amino-alcohol motifs (C(OH)–C–C–N with tert-alkyl or cyclic N) is 1. The molecule has 0 amide bonds. The number of aryl methyl sites for hydroxylation is 1. The topological polar surface area (TPSA) is 72.6 Å². The molecule has 1 aromatic rings. The van der Waals surface area contributed by atoms with Crippen molar-refractivity contribution in [2.24, 2.45) is 5.92 Å². The molecule has 0 spiro atoms. The SMILES string of the molecule is CCn1cnnc1C1CN(CC(O)COCC(C)C)CCO1. The number of morpholine rings is 1. The molecule has 0 bridgehead atoms. The number of hydrogen-bond acceptors (Lipinski definition) is 6. The van der Waals surface area contributed by atoms with Crippen LogP contribution in [-0.4, -0.2) is 70.3 Å². The number of aliphatic hydroxyl groups is 1. The molecule has 1 aliphatic heterocycles. The van der Waals surface area contributed by atoms with Crippen molar-refractivity contribution in [1.29, 1.82) is 0 Å². The van der Waals surface area contributed by atoms with Gasteiger partial charge in [0.2, 0.25) is 0 Å². The lowest BCUT2D eigenvalue weighted by Crippen LogP contribution is -2.44. The molecule has 22 heavy (non-hydrogen) atoms. The molecule has 0 saturated carbocycles. The molecule has 1 fully saturated rings. The van der Waals surface area contributed by atoms with Crippen molar-refractivity contribution in [2.45, 2.75) is 39.5 Å². The second-order valence-corrected chi connectivity index (χ2v) is 6.18. The number of nitrogens with zero attached hydrogens (tertiary/aromatic N) is 4. The van der Waals surface area contributed by atoms with Crippen LogP contribution in [-0.2, 0) is 16.0 Å². The highest BCUT2D eigenvalue weighted by atomic mass is 16.5. The average Bonchev–Trinajstić information content (AvgIpc) is 2.95. The van der Waals surface area contributed by atoms with Crippen LogP contribution in [0.3, 0.4) is 0 Å². The maximum atomic E-state index is 10.1. The quantitative estimate of drug-likeness (QED) is 0.762. The van der Waals surface area contributed by atoms with Crippen LogP contribution in [0.4, 0.5) is 0 Å².